The maximum Gasteiger partial charge on any atom is 0.329 e. The monoisotopic (exact) mass is 580 g/mol. The molecule has 2 aliphatic rings. The zero-order valence-corrected chi connectivity index (χ0v) is 24.0. The molecule has 0 unspecified atom stereocenters. The van der Waals surface area contributed by atoms with Gasteiger partial charge in [-0.1, -0.05) is 30.8 Å². The van der Waals surface area contributed by atoms with Crippen LogP contribution in [0.5, 0.6) is 11.5 Å². The summed E-state index contributed by atoms with van der Waals surface area (Å²) in [5.41, 5.74) is 2.02. The first-order valence-corrected chi connectivity index (χ1v) is 14.6. The van der Waals surface area contributed by atoms with E-state index in [1.54, 1.807) is 42.5 Å². The number of phenols is 1. The van der Waals surface area contributed by atoms with Crippen LogP contribution in [0.15, 0.2) is 65.1 Å². The van der Waals surface area contributed by atoms with Crippen molar-refractivity contribution in [3.63, 3.8) is 0 Å². The van der Waals surface area contributed by atoms with Crippen molar-refractivity contribution in [2.24, 2.45) is 0 Å². The van der Waals surface area contributed by atoms with Crippen molar-refractivity contribution >= 4 is 34.2 Å². The van der Waals surface area contributed by atoms with Gasteiger partial charge in [-0.05, 0) is 52.9 Å². The number of thioether (sulfide) groups is 1. The quantitative estimate of drug-likeness (QED) is 0.192. The summed E-state index contributed by atoms with van der Waals surface area (Å²) in [6, 6.07) is 13.9. The number of aliphatic carboxylic acids is 1. The van der Waals surface area contributed by atoms with Gasteiger partial charge in [0.1, 0.15) is 24.7 Å². The topological polar surface area (TPSA) is 117 Å². The van der Waals surface area contributed by atoms with Crippen LogP contribution in [0, 0.1) is 0 Å². The zero-order chi connectivity index (χ0) is 29.2. The number of hydrogen-bond donors (Lipinski definition) is 2. The number of rotatable bonds is 14. The number of aromatic hydroxyl groups is 1. The fourth-order valence-corrected chi connectivity index (χ4v) is 5.84. The van der Waals surface area contributed by atoms with Gasteiger partial charge in [-0.3, -0.25) is 19.4 Å². The standard InChI is InChI=1S/C31H36N2O7S/c1-2-24(34)19-27-20-28(31(41-27)23-3-7-25(35)8-4-23)30(38)22-5-9-26(10-6-22)40-18-16-33-13-11-32(12-14-33)15-17-39-21-29(36)37/h3-10,19,35H,2,11-18,20-21H2,1H3,(H,36,37)/b27-19+. The molecule has 2 aromatic rings. The molecule has 0 atom stereocenters. The smallest absolute Gasteiger partial charge is 0.329 e. The number of nitrogens with zero attached hydrogens (tertiary/aromatic N) is 2. The zero-order valence-electron chi connectivity index (χ0n) is 23.2. The number of allylic oxidation sites excluding steroid dienone is 3. The molecule has 0 aliphatic carbocycles. The molecule has 0 amide bonds. The van der Waals surface area contributed by atoms with E-state index in [1.165, 1.54) is 11.8 Å². The highest BCUT2D eigenvalue weighted by molar-refractivity contribution is 8.12. The maximum absolute atomic E-state index is 13.6. The van der Waals surface area contributed by atoms with E-state index in [0.717, 1.165) is 54.6 Å². The van der Waals surface area contributed by atoms with E-state index >= 15 is 0 Å². The lowest BCUT2D eigenvalue weighted by molar-refractivity contribution is -0.142. The van der Waals surface area contributed by atoms with Crippen LogP contribution in [-0.2, 0) is 14.3 Å². The van der Waals surface area contributed by atoms with Crippen LogP contribution in [0.3, 0.4) is 0 Å². The van der Waals surface area contributed by atoms with E-state index in [-0.39, 0.29) is 23.9 Å². The summed E-state index contributed by atoms with van der Waals surface area (Å²) in [5, 5.41) is 18.3. The maximum atomic E-state index is 13.6. The number of piperazine rings is 1. The molecule has 41 heavy (non-hydrogen) atoms. The second-order valence-electron chi connectivity index (χ2n) is 9.90. The fraction of sp³-hybridized carbons (Fsp3) is 0.387. The van der Waals surface area contributed by atoms with Gasteiger partial charge in [0.15, 0.2) is 11.6 Å². The van der Waals surface area contributed by atoms with Crippen molar-refractivity contribution in [1.29, 1.82) is 0 Å². The van der Waals surface area contributed by atoms with Crippen LogP contribution in [0.4, 0.5) is 0 Å². The molecule has 218 valence electrons. The number of carboxylic acid groups (broad SMARTS) is 1. The molecule has 9 nitrogen and oxygen atoms in total. The Balaban J connectivity index is 1.29. The molecular formula is C31H36N2O7S. The predicted octanol–water partition coefficient (Wildman–Crippen LogP) is 4.08. The largest absolute Gasteiger partial charge is 0.508 e. The van der Waals surface area contributed by atoms with Gasteiger partial charge in [0.25, 0.3) is 0 Å². The third-order valence-electron chi connectivity index (χ3n) is 6.97. The minimum Gasteiger partial charge on any atom is -0.508 e. The number of ether oxygens (including phenoxy) is 2. The van der Waals surface area contributed by atoms with Crippen molar-refractivity contribution < 1.29 is 34.1 Å². The van der Waals surface area contributed by atoms with E-state index in [0.29, 0.717) is 42.9 Å². The normalized spacial score (nSPS) is 17.2. The Morgan fingerprint density at radius 2 is 1.56 bits per heavy atom. The van der Waals surface area contributed by atoms with Crippen LogP contribution >= 0.6 is 11.8 Å². The Kier molecular flexibility index (Phi) is 11.1. The number of benzene rings is 2. The third-order valence-corrected chi connectivity index (χ3v) is 8.18. The molecule has 0 spiro atoms. The highest BCUT2D eigenvalue weighted by Crippen LogP contribution is 2.47. The Hall–Kier alpha value is -3.44. The van der Waals surface area contributed by atoms with Gasteiger partial charge in [0, 0.05) is 68.2 Å². The molecule has 0 aromatic heterocycles. The summed E-state index contributed by atoms with van der Waals surface area (Å²) in [6.45, 7) is 7.63. The average Bonchev–Trinajstić information content (AvgIpc) is 3.39. The van der Waals surface area contributed by atoms with Gasteiger partial charge in [-0.15, -0.1) is 0 Å². The number of carboxylic acids is 1. The predicted molar refractivity (Wildman–Crippen MR) is 158 cm³/mol. The first kappa shape index (κ1) is 30.5. The number of phenolic OH excluding ortho intramolecular Hbond substituents is 1. The van der Waals surface area contributed by atoms with Gasteiger partial charge >= 0.3 is 5.97 Å². The number of carbonyl (C=O) groups excluding carboxylic acids is 2. The molecule has 0 radical (unpaired) electrons. The Morgan fingerprint density at radius 1 is 0.927 bits per heavy atom. The molecule has 1 saturated heterocycles. The molecule has 4 rings (SSSR count). The van der Waals surface area contributed by atoms with Gasteiger partial charge in [-0.2, -0.15) is 0 Å². The summed E-state index contributed by atoms with van der Waals surface area (Å²) < 4.78 is 11.1. The highest BCUT2D eigenvalue weighted by atomic mass is 32.2. The van der Waals surface area contributed by atoms with Crippen molar-refractivity contribution in [3.8, 4) is 11.5 Å². The van der Waals surface area contributed by atoms with E-state index in [1.807, 2.05) is 19.1 Å². The first-order valence-electron chi connectivity index (χ1n) is 13.8. The first-order chi connectivity index (χ1) is 19.8. The summed E-state index contributed by atoms with van der Waals surface area (Å²) in [6.07, 6.45) is 2.43. The van der Waals surface area contributed by atoms with Gasteiger partial charge in [0.2, 0.25) is 0 Å². The Labute approximate surface area is 244 Å². The van der Waals surface area contributed by atoms with Crippen LogP contribution in [0.1, 0.15) is 35.7 Å². The second-order valence-corrected chi connectivity index (χ2v) is 11.0. The average molecular weight is 581 g/mol. The van der Waals surface area contributed by atoms with E-state index < -0.39 is 5.97 Å². The summed E-state index contributed by atoms with van der Waals surface area (Å²) in [4.78, 5) is 42.4. The lowest BCUT2D eigenvalue weighted by atomic mass is 9.98. The number of ketones is 2. The van der Waals surface area contributed by atoms with Crippen LogP contribution < -0.4 is 4.74 Å². The number of carbonyl (C=O) groups is 3. The van der Waals surface area contributed by atoms with Crippen LogP contribution in [-0.4, -0.2) is 96.6 Å². The van der Waals surface area contributed by atoms with Crippen LogP contribution in [0.2, 0.25) is 0 Å². The van der Waals surface area contributed by atoms with Gasteiger partial charge < -0.3 is 19.7 Å². The molecule has 2 aliphatic heterocycles. The molecular weight excluding hydrogens is 544 g/mol. The molecule has 2 aromatic carbocycles. The molecule has 0 saturated carbocycles. The van der Waals surface area contributed by atoms with Crippen molar-refractivity contribution in [2.75, 3.05) is 59.1 Å². The van der Waals surface area contributed by atoms with E-state index in [4.69, 9.17) is 14.6 Å². The van der Waals surface area contributed by atoms with Crippen molar-refractivity contribution in [1.82, 2.24) is 9.80 Å². The van der Waals surface area contributed by atoms with E-state index in [2.05, 4.69) is 9.80 Å². The highest BCUT2D eigenvalue weighted by Gasteiger charge is 2.27. The second kappa shape index (κ2) is 15.0. The van der Waals surface area contributed by atoms with Crippen molar-refractivity contribution in [3.05, 3.63) is 76.2 Å². The van der Waals surface area contributed by atoms with Crippen molar-refractivity contribution in [2.45, 2.75) is 19.8 Å². The molecule has 2 heterocycles. The minimum atomic E-state index is -0.950. The summed E-state index contributed by atoms with van der Waals surface area (Å²) in [5.74, 6) is -0.171. The lowest BCUT2D eigenvalue weighted by Gasteiger charge is -2.34. The fourth-order valence-electron chi connectivity index (χ4n) is 4.63. The molecule has 2 N–H and O–H groups in total. The minimum absolute atomic E-state index is 0.0252. The summed E-state index contributed by atoms with van der Waals surface area (Å²) in [7, 11) is 0. The number of hydrogen-bond acceptors (Lipinski definition) is 9. The van der Waals surface area contributed by atoms with E-state index in [9.17, 15) is 19.5 Å². The Morgan fingerprint density at radius 3 is 2.17 bits per heavy atom. The van der Waals surface area contributed by atoms with Gasteiger partial charge in [0.05, 0.1) is 6.61 Å². The molecule has 0 bridgehead atoms. The van der Waals surface area contributed by atoms with Crippen LogP contribution in [0.25, 0.3) is 4.91 Å². The Bertz CT molecular complexity index is 1280. The number of Topliss-reactive ketones (excluding diaryl/α,β-unsaturated/α-hetero) is 1. The van der Waals surface area contributed by atoms with Gasteiger partial charge in [-0.25, -0.2) is 4.79 Å². The molecule has 10 heteroatoms. The molecule has 1 fully saturated rings. The SMILES string of the molecule is CCC(=O)/C=C1\CC(C(=O)c2ccc(OCCN3CCN(CCOCC(=O)O)CC3)cc2)=C(c2ccc(O)cc2)S1. The third kappa shape index (κ3) is 9.02. The lowest BCUT2D eigenvalue weighted by Crippen LogP contribution is -2.48. The summed E-state index contributed by atoms with van der Waals surface area (Å²) >= 11 is 1.44.